The SMILES string of the molecule is I.NC(=O)C1(CN=C(N)Nc2ccc3c(c2)OCCCO3)CCOCC1. The van der Waals surface area contributed by atoms with E-state index in [4.69, 9.17) is 25.7 Å². The number of ether oxygens (including phenoxy) is 3. The number of amides is 1. The zero-order valence-electron chi connectivity index (χ0n) is 14.5. The molecule has 26 heavy (non-hydrogen) atoms. The number of rotatable bonds is 4. The van der Waals surface area contributed by atoms with Crippen molar-refractivity contribution in [1.82, 2.24) is 0 Å². The lowest BCUT2D eigenvalue weighted by Gasteiger charge is -2.32. The van der Waals surface area contributed by atoms with Crippen molar-refractivity contribution in [3.63, 3.8) is 0 Å². The fourth-order valence-electron chi connectivity index (χ4n) is 2.91. The molecule has 0 atom stereocenters. The molecular weight excluding hydrogens is 451 g/mol. The van der Waals surface area contributed by atoms with Crippen molar-refractivity contribution in [3.05, 3.63) is 18.2 Å². The molecule has 1 amide bonds. The van der Waals surface area contributed by atoms with Gasteiger partial charge in [-0.2, -0.15) is 0 Å². The highest BCUT2D eigenvalue weighted by Crippen LogP contribution is 2.33. The van der Waals surface area contributed by atoms with Crippen molar-refractivity contribution >= 4 is 41.5 Å². The number of hydrogen-bond acceptors (Lipinski definition) is 5. The van der Waals surface area contributed by atoms with E-state index in [0.717, 1.165) is 12.1 Å². The average Bonchev–Trinajstić information content (AvgIpc) is 2.85. The summed E-state index contributed by atoms with van der Waals surface area (Å²) in [7, 11) is 0. The molecule has 1 saturated heterocycles. The summed E-state index contributed by atoms with van der Waals surface area (Å²) >= 11 is 0. The maximum Gasteiger partial charge on any atom is 0.225 e. The molecule has 0 unspecified atom stereocenters. The topological polar surface area (TPSA) is 121 Å². The largest absolute Gasteiger partial charge is 0.490 e. The Labute approximate surface area is 169 Å². The second kappa shape index (κ2) is 9.26. The number of hydrogen-bond donors (Lipinski definition) is 3. The van der Waals surface area contributed by atoms with Gasteiger partial charge in [0.2, 0.25) is 5.91 Å². The molecule has 0 aliphatic carbocycles. The smallest absolute Gasteiger partial charge is 0.225 e. The first kappa shape index (κ1) is 20.6. The predicted octanol–water partition coefficient (Wildman–Crippen LogP) is 1.47. The van der Waals surface area contributed by atoms with Gasteiger partial charge in [0, 0.05) is 31.4 Å². The van der Waals surface area contributed by atoms with Crippen LogP contribution in [0.15, 0.2) is 23.2 Å². The number of guanidine groups is 1. The van der Waals surface area contributed by atoms with E-state index in [9.17, 15) is 4.79 Å². The lowest BCUT2D eigenvalue weighted by atomic mass is 9.79. The normalized spacial score (nSPS) is 19.0. The lowest BCUT2D eigenvalue weighted by molar-refractivity contribution is -0.132. The van der Waals surface area contributed by atoms with E-state index in [-0.39, 0.29) is 42.4 Å². The van der Waals surface area contributed by atoms with Crippen LogP contribution in [-0.4, -0.2) is 44.8 Å². The number of anilines is 1. The molecule has 1 aromatic carbocycles. The van der Waals surface area contributed by atoms with E-state index < -0.39 is 5.41 Å². The Morgan fingerprint density at radius 3 is 2.50 bits per heavy atom. The number of halogens is 1. The van der Waals surface area contributed by atoms with E-state index in [1.54, 1.807) is 0 Å². The molecule has 144 valence electrons. The van der Waals surface area contributed by atoms with Gasteiger partial charge >= 0.3 is 0 Å². The minimum absolute atomic E-state index is 0. The molecule has 9 heteroatoms. The standard InChI is InChI=1S/C17H24N4O4.HI/c18-15(22)17(4-8-23-9-5-17)11-20-16(19)21-12-2-3-13-14(10-12)25-7-1-6-24-13;/h2-3,10H,1,4-9,11H2,(H2,18,22)(H3,19,20,21);1H. The minimum Gasteiger partial charge on any atom is -0.490 e. The van der Waals surface area contributed by atoms with E-state index >= 15 is 0 Å². The Bertz CT molecular complexity index is 662. The van der Waals surface area contributed by atoms with Crippen molar-refractivity contribution in [1.29, 1.82) is 0 Å². The first-order valence-electron chi connectivity index (χ1n) is 8.43. The van der Waals surface area contributed by atoms with Crippen LogP contribution in [0.2, 0.25) is 0 Å². The van der Waals surface area contributed by atoms with Gasteiger partial charge in [-0.15, -0.1) is 24.0 Å². The number of aliphatic imine (C=N–C) groups is 1. The van der Waals surface area contributed by atoms with Gasteiger partial charge in [-0.1, -0.05) is 0 Å². The lowest BCUT2D eigenvalue weighted by Crippen LogP contribution is -2.44. The van der Waals surface area contributed by atoms with Gasteiger partial charge in [0.15, 0.2) is 17.5 Å². The minimum atomic E-state index is -0.685. The summed E-state index contributed by atoms with van der Waals surface area (Å²) < 4.78 is 16.6. The Balaban J connectivity index is 0.00000243. The van der Waals surface area contributed by atoms with E-state index in [2.05, 4.69) is 10.3 Å². The summed E-state index contributed by atoms with van der Waals surface area (Å²) in [5.74, 6) is 1.26. The van der Waals surface area contributed by atoms with Crippen LogP contribution >= 0.6 is 24.0 Å². The molecule has 5 N–H and O–H groups in total. The molecule has 0 saturated carbocycles. The monoisotopic (exact) mass is 476 g/mol. The summed E-state index contributed by atoms with van der Waals surface area (Å²) in [5, 5.41) is 3.02. The third-order valence-corrected chi connectivity index (χ3v) is 4.54. The molecule has 8 nitrogen and oxygen atoms in total. The van der Waals surface area contributed by atoms with Gasteiger partial charge in [0.1, 0.15) is 0 Å². The summed E-state index contributed by atoms with van der Waals surface area (Å²) in [6.45, 7) is 2.52. The Morgan fingerprint density at radius 2 is 1.81 bits per heavy atom. The Hall–Kier alpha value is -1.75. The van der Waals surface area contributed by atoms with Crippen LogP contribution in [0.3, 0.4) is 0 Å². The van der Waals surface area contributed by atoms with Crippen molar-refractivity contribution < 1.29 is 19.0 Å². The fourth-order valence-corrected chi connectivity index (χ4v) is 2.91. The summed E-state index contributed by atoms with van der Waals surface area (Å²) in [6.07, 6.45) is 1.96. The van der Waals surface area contributed by atoms with Gasteiger partial charge in [0.25, 0.3) is 0 Å². The molecule has 1 fully saturated rings. The zero-order valence-corrected chi connectivity index (χ0v) is 16.9. The zero-order chi connectivity index (χ0) is 17.7. The number of fused-ring (bicyclic) bond motifs is 1. The van der Waals surface area contributed by atoms with Gasteiger partial charge < -0.3 is 31.0 Å². The van der Waals surface area contributed by atoms with E-state index in [0.29, 0.717) is 50.8 Å². The highest BCUT2D eigenvalue weighted by Gasteiger charge is 2.38. The van der Waals surface area contributed by atoms with Crippen LogP contribution in [0.5, 0.6) is 11.5 Å². The third-order valence-electron chi connectivity index (χ3n) is 4.54. The van der Waals surface area contributed by atoms with Crippen LogP contribution < -0.4 is 26.3 Å². The van der Waals surface area contributed by atoms with Crippen molar-refractivity contribution in [2.24, 2.45) is 21.9 Å². The molecular formula is C17H25IN4O4. The van der Waals surface area contributed by atoms with Gasteiger partial charge in [-0.25, -0.2) is 0 Å². The van der Waals surface area contributed by atoms with Crippen LogP contribution in [0.25, 0.3) is 0 Å². The van der Waals surface area contributed by atoms with Crippen molar-refractivity contribution in [2.75, 3.05) is 38.3 Å². The molecule has 3 rings (SSSR count). The highest BCUT2D eigenvalue weighted by molar-refractivity contribution is 14.0. The average molecular weight is 476 g/mol. The van der Waals surface area contributed by atoms with Crippen molar-refractivity contribution in [3.8, 4) is 11.5 Å². The summed E-state index contributed by atoms with van der Waals surface area (Å²) in [5.41, 5.74) is 11.6. The molecule has 2 aliphatic heterocycles. The molecule has 0 bridgehead atoms. The highest BCUT2D eigenvalue weighted by atomic mass is 127. The predicted molar refractivity (Wildman–Crippen MR) is 109 cm³/mol. The molecule has 0 radical (unpaired) electrons. The third kappa shape index (κ3) is 4.91. The number of carbonyl (C=O) groups excluding carboxylic acids is 1. The molecule has 1 aromatic rings. The van der Waals surface area contributed by atoms with Gasteiger partial charge in [0.05, 0.1) is 25.2 Å². The number of nitrogens with one attached hydrogen (secondary N) is 1. The fraction of sp³-hybridized carbons (Fsp3) is 0.529. The summed E-state index contributed by atoms with van der Waals surface area (Å²) in [4.78, 5) is 16.2. The van der Waals surface area contributed by atoms with Crippen molar-refractivity contribution in [2.45, 2.75) is 19.3 Å². The number of nitrogens with two attached hydrogens (primary N) is 2. The number of benzene rings is 1. The molecule has 2 heterocycles. The number of carbonyl (C=O) groups is 1. The van der Waals surface area contributed by atoms with Crippen LogP contribution in [0.1, 0.15) is 19.3 Å². The van der Waals surface area contributed by atoms with Gasteiger partial charge in [-0.05, 0) is 25.0 Å². The van der Waals surface area contributed by atoms with E-state index in [1.165, 1.54) is 0 Å². The van der Waals surface area contributed by atoms with Crippen LogP contribution in [-0.2, 0) is 9.53 Å². The first-order valence-corrected chi connectivity index (χ1v) is 8.43. The van der Waals surface area contributed by atoms with E-state index in [1.807, 2.05) is 18.2 Å². The van der Waals surface area contributed by atoms with Crippen LogP contribution in [0, 0.1) is 5.41 Å². The maximum atomic E-state index is 11.8. The Morgan fingerprint density at radius 1 is 1.12 bits per heavy atom. The molecule has 0 spiro atoms. The number of primary amides is 1. The molecule has 0 aromatic heterocycles. The quantitative estimate of drug-likeness (QED) is 0.344. The maximum absolute atomic E-state index is 11.8. The Kier molecular flexibility index (Phi) is 7.33. The second-order valence-corrected chi connectivity index (χ2v) is 6.30. The van der Waals surface area contributed by atoms with Gasteiger partial charge in [-0.3, -0.25) is 9.79 Å². The van der Waals surface area contributed by atoms with Crippen LogP contribution in [0.4, 0.5) is 5.69 Å². The number of nitrogens with zero attached hydrogens (tertiary/aromatic N) is 1. The summed E-state index contributed by atoms with van der Waals surface area (Å²) in [6, 6.07) is 5.50. The first-order chi connectivity index (χ1) is 12.1. The second-order valence-electron chi connectivity index (χ2n) is 6.30. The molecule has 2 aliphatic rings.